The quantitative estimate of drug-likeness (QED) is 0.251. The summed E-state index contributed by atoms with van der Waals surface area (Å²) in [6.07, 6.45) is 1.65. The lowest BCUT2D eigenvalue weighted by Gasteiger charge is -2.11. The molecule has 7 nitrogen and oxygen atoms in total. The van der Waals surface area contributed by atoms with Crippen LogP contribution in [0.25, 0.3) is 16.6 Å². The van der Waals surface area contributed by atoms with E-state index >= 15 is 0 Å². The second-order valence-corrected chi connectivity index (χ2v) is 8.69. The molecule has 4 rings (SSSR count). The number of hydrogen-bond acceptors (Lipinski definition) is 5. The second-order valence-electron chi connectivity index (χ2n) is 7.75. The highest BCUT2D eigenvalue weighted by Crippen LogP contribution is 2.24. The third-order valence-electron chi connectivity index (χ3n) is 5.30. The van der Waals surface area contributed by atoms with Gasteiger partial charge in [-0.1, -0.05) is 47.7 Å². The van der Waals surface area contributed by atoms with E-state index in [0.717, 1.165) is 17.1 Å². The van der Waals surface area contributed by atoms with Gasteiger partial charge in [0.15, 0.2) is 5.16 Å². The first-order valence-electron chi connectivity index (χ1n) is 10.6. The van der Waals surface area contributed by atoms with Gasteiger partial charge in [0.1, 0.15) is 0 Å². The van der Waals surface area contributed by atoms with E-state index in [0.29, 0.717) is 28.3 Å². The van der Waals surface area contributed by atoms with E-state index < -0.39 is 0 Å². The number of allylic oxidation sites excluding steroid dienone is 1. The second kappa shape index (κ2) is 9.46. The number of amides is 1. The Morgan fingerprint density at radius 3 is 2.58 bits per heavy atom. The molecular weight excluding hydrogens is 434 g/mol. The zero-order valence-electron chi connectivity index (χ0n) is 18.8. The van der Waals surface area contributed by atoms with Gasteiger partial charge in [-0.3, -0.25) is 14.2 Å². The topological polar surface area (TPSA) is 81.8 Å². The number of benzene rings is 2. The predicted molar refractivity (Wildman–Crippen MR) is 133 cm³/mol. The summed E-state index contributed by atoms with van der Waals surface area (Å²) in [7, 11) is 0. The van der Waals surface area contributed by atoms with Crippen LogP contribution in [0.15, 0.2) is 71.1 Å². The normalized spacial score (nSPS) is 11.0. The number of anilines is 1. The highest BCUT2D eigenvalue weighted by atomic mass is 32.2. The molecule has 2 aromatic carbocycles. The lowest BCUT2D eigenvalue weighted by atomic mass is 10.2. The third-order valence-corrected chi connectivity index (χ3v) is 6.28. The van der Waals surface area contributed by atoms with E-state index in [-0.39, 0.29) is 17.2 Å². The minimum Gasteiger partial charge on any atom is -0.322 e. The maximum absolute atomic E-state index is 12.9. The fraction of sp³-hybridized carbons (Fsp3) is 0.200. The Balaban J connectivity index is 1.54. The highest BCUT2D eigenvalue weighted by molar-refractivity contribution is 7.99. The summed E-state index contributed by atoms with van der Waals surface area (Å²) < 4.78 is 3.36. The number of thioether (sulfide) groups is 1. The van der Waals surface area contributed by atoms with Crippen molar-refractivity contribution >= 4 is 34.3 Å². The summed E-state index contributed by atoms with van der Waals surface area (Å²) >= 11 is 1.22. The van der Waals surface area contributed by atoms with Crippen molar-refractivity contribution in [1.29, 1.82) is 0 Å². The van der Waals surface area contributed by atoms with Crippen LogP contribution in [0, 0.1) is 20.8 Å². The predicted octanol–water partition coefficient (Wildman–Crippen LogP) is 4.42. The number of nitrogens with one attached hydrogen (secondary N) is 1. The Labute approximate surface area is 196 Å². The van der Waals surface area contributed by atoms with E-state index in [1.165, 1.54) is 17.3 Å². The van der Waals surface area contributed by atoms with Crippen LogP contribution in [-0.2, 0) is 11.3 Å². The molecule has 0 radical (unpaired) electrons. The van der Waals surface area contributed by atoms with Gasteiger partial charge in [-0.05, 0) is 45.0 Å². The molecule has 0 aliphatic rings. The molecule has 2 aromatic heterocycles. The SMILES string of the molecule is C=CCn1c(SCC(=O)Nc2c(C)nn(-c3ccc(C)cc3)c2C)nc2ccccc2c1=O. The van der Waals surface area contributed by atoms with E-state index in [9.17, 15) is 9.59 Å². The summed E-state index contributed by atoms with van der Waals surface area (Å²) in [5.41, 5.74) is 4.84. The van der Waals surface area contributed by atoms with Crippen LogP contribution >= 0.6 is 11.8 Å². The fourth-order valence-electron chi connectivity index (χ4n) is 3.61. The largest absolute Gasteiger partial charge is 0.322 e. The molecule has 1 amide bonds. The van der Waals surface area contributed by atoms with Crippen molar-refractivity contribution in [3.8, 4) is 5.69 Å². The standard InChI is InChI=1S/C25H25N5O2S/c1-5-14-29-24(32)20-8-6-7-9-21(20)26-25(29)33-15-22(31)27-23-17(3)28-30(18(23)4)19-12-10-16(2)11-13-19/h5-13H,1,14-15H2,2-4H3,(H,27,31). The Kier molecular flexibility index (Phi) is 6.46. The number of nitrogens with zero attached hydrogens (tertiary/aromatic N) is 4. The molecule has 0 saturated heterocycles. The van der Waals surface area contributed by atoms with Gasteiger partial charge in [-0.25, -0.2) is 9.67 Å². The number of fused-ring (bicyclic) bond motifs is 1. The van der Waals surface area contributed by atoms with Gasteiger partial charge < -0.3 is 5.32 Å². The van der Waals surface area contributed by atoms with Crippen LogP contribution in [-0.4, -0.2) is 31.0 Å². The summed E-state index contributed by atoms with van der Waals surface area (Å²) in [6.45, 7) is 9.89. The van der Waals surface area contributed by atoms with Gasteiger partial charge in [0.2, 0.25) is 5.91 Å². The zero-order chi connectivity index (χ0) is 23.5. The average Bonchev–Trinajstić information content (AvgIpc) is 3.08. The van der Waals surface area contributed by atoms with Crippen LogP contribution < -0.4 is 10.9 Å². The van der Waals surface area contributed by atoms with Gasteiger partial charge in [0, 0.05) is 6.54 Å². The van der Waals surface area contributed by atoms with Gasteiger partial charge in [-0.2, -0.15) is 5.10 Å². The lowest BCUT2D eigenvalue weighted by molar-refractivity contribution is -0.113. The summed E-state index contributed by atoms with van der Waals surface area (Å²) in [4.78, 5) is 30.3. The average molecular weight is 460 g/mol. The van der Waals surface area contributed by atoms with Crippen LogP contribution in [0.5, 0.6) is 0 Å². The van der Waals surface area contributed by atoms with E-state index in [4.69, 9.17) is 0 Å². The lowest BCUT2D eigenvalue weighted by Crippen LogP contribution is -2.24. The number of para-hydroxylation sites is 1. The van der Waals surface area contributed by atoms with Crippen molar-refractivity contribution in [3.05, 3.63) is 88.5 Å². The number of carbonyl (C=O) groups excluding carboxylic acids is 1. The molecule has 8 heteroatoms. The summed E-state index contributed by atoms with van der Waals surface area (Å²) in [5, 5.41) is 8.60. The molecule has 0 fully saturated rings. The minimum atomic E-state index is -0.192. The Bertz CT molecular complexity index is 1400. The molecule has 33 heavy (non-hydrogen) atoms. The van der Waals surface area contributed by atoms with Gasteiger partial charge >= 0.3 is 0 Å². The van der Waals surface area contributed by atoms with E-state index in [2.05, 4.69) is 22.0 Å². The van der Waals surface area contributed by atoms with Gasteiger partial charge in [-0.15, -0.1) is 6.58 Å². The number of aryl methyl sites for hydroxylation is 2. The van der Waals surface area contributed by atoms with E-state index in [1.807, 2.05) is 61.9 Å². The van der Waals surface area contributed by atoms with Crippen molar-refractivity contribution in [2.45, 2.75) is 32.5 Å². The fourth-order valence-corrected chi connectivity index (χ4v) is 4.42. The molecule has 4 aromatic rings. The monoisotopic (exact) mass is 459 g/mol. The van der Waals surface area contributed by atoms with Crippen molar-refractivity contribution in [2.24, 2.45) is 0 Å². The van der Waals surface area contributed by atoms with Crippen molar-refractivity contribution in [3.63, 3.8) is 0 Å². The van der Waals surface area contributed by atoms with Crippen LogP contribution in [0.1, 0.15) is 17.0 Å². The van der Waals surface area contributed by atoms with Crippen LogP contribution in [0.2, 0.25) is 0 Å². The molecule has 0 atom stereocenters. The number of rotatable bonds is 7. The van der Waals surface area contributed by atoms with E-state index in [1.54, 1.807) is 22.8 Å². The molecule has 2 heterocycles. The molecule has 0 unspecified atom stereocenters. The van der Waals surface area contributed by atoms with Crippen molar-refractivity contribution < 1.29 is 4.79 Å². The molecule has 1 N–H and O–H groups in total. The van der Waals surface area contributed by atoms with Crippen LogP contribution in [0.3, 0.4) is 0 Å². The number of carbonyl (C=O) groups is 1. The van der Waals surface area contributed by atoms with Gasteiger partial charge in [0.05, 0.1) is 39.4 Å². The third kappa shape index (κ3) is 4.61. The summed E-state index contributed by atoms with van der Waals surface area (Å²) in [5.74, 6) is -0.0847. The maximum atomic E-state index is 12.9. The Morgan fingerprint density at radius 1 is 1.12 bits per heavy atom. The smallest absolute Gasteiger partial charge is 0.262 e. The highest BCUT2D eigenvalue weighted by Gasteiger charge is 2.17. The zero-order valence-corrected chi connectivity index (χ0v) is 19.6. The molecule has 0 aliphatic heterocycles. The van der Waals surface area contributed by atoms with Crippen molar-refractivity contribution in [2.75, 3.05) is 11.1 Å². The number of aromatic nitrogens is 4. The Hall–Kier alpha value is -3.65. The molecular formula is C25H25N5O2S. The first kappa shape index (κ1) is 22.5. The Morgan fingerprint density at radius 2 is 1.85 bits per heavy atom. The van der Waals surface area contributed by atoms with Crippen molar-refractivity contribution in [1.82, 2.24) is 19.3 Å². The maximum Gasteiger partial charge on any atom is 0.262 e. The first-order valence-corrected chi connectivity index (χ1v) is 11.5. The minimum absolute atomic E-state index is 0.108. The molecule has 168 valence electrons. The summed E-state index contributed by atoms with van der Waals surface area (Å²) in [6, 6.07) is 15.3. The molecule has 0 saturated carbocycles. The van der Waals surface area contributed by atoms with Gasteiger partial charge in [0.25, 0.3) is 5.56 Å². The molecule has 0 bridgehead atoms. The number of hydrogen-bond donors (Lipinski definition) is 1. The van der Waals surface area contributed by atoms with Crippen LogP contribution in [0.4, 0.5) is 5.69 Å². The molecule has 0 aliphatic carbocycles. The first-order chi connectivity index (χ1) is 15.9. The molecule has 0 spiro atoms.